The number of benzene rings is 1. The number of hydrogen-bond donors (Lipinski definition) is 1. The van der Waals surface area contributed by atoms with Crippen molar-refractivity contribution in [3.63, 3.8) is 0 Å². The molecule has 29 heavy (non-hydrogen) atoms. The van der Waals surface area contributed by atoms with Gasteiger partial charge in [-0.1, -0.05) is 35.9 Å². The zero-order valence-electron chi connectivity index (χ0n) is 15.9. The summed E-state index contributed by atoms with van der Waals surface area (Å²) < 4.78 is 2.23. The molecule has 0 atom stereocenters. The largest absolute Gasteiger partial charge is 0.331 e. The molecular formula is C21H20N4OS3. The van der Waals surface area contributed by atoms with Crippen molar-refractivity contribution in [2.75, 3.05) is 0 Å². The van der Waals surface area contributed by atoms with E-state index in [-0.39, 0.29) is 12.5 Å². The Bertz CT molecular complexity index is 1110. The first-order chi connectivity index (χ1) is 14.1. The number of H-pyrrole nitrogens is 1. The number of nitrogens with zero attached hydrogens (tertiary/aromatic N) is 3. The SMILES string of the molecule is Cc1cccc(-c2n[nH]c(=S)n2CC(=O)N(Cc2cccs2)Cc2cccs2)c1. The van der Waals surface area contributed by atoms with Crippen LogP contribution in [0.2, 0.25) is 0 Å². The molecule has 8 heteroatoms. The Hall–Kier alpha value is -2.55. The van der Waals surface area contributed by atoms with Crippen molar-refractivity contribution < 1.29 is 4.79 Å². The van der Waals surface area contributed by atoms with E-state index in [0.29, 0.717) is 23.7 Å². The van der Waals surface area contributed by atoms with Crippen molar-refractivity contribution >= 4 is 40.8 Å². The second-order valence-electron chi connectivity index (χ2n) is 6.72. The summed E-state index contributed by atoms with van der Waals surface area (Å²) in [7, 11) is 0. The number of carbonyl (C=O) groups is 1. The lowest BCUT2D eigenvalue weighted by Crippen LogP contribution is -2.32. The average Bonchev–Trinajstić information content (AvgIpc) is 3.45. The second kappa shape index (κ2) is 8.86. The smallest absolute Gasteiger partial charge is 0.243 e. The van der Waals surface area contributed by atoms with E-state index in [2.05, 4.69) is 22.3 Å². The number of aromatic nitrogens is 3. The molecule has 0 saturated carbocycles. The molecule has 3 heterocycles. The molecule has 4 aromatic rings. The molecule has 0 aliphatic heterocycles. The van der Waals surface area contributed by atoms with Crippen LogP contribution in [0, 0.1) is 11.7 Å². The molecule has 0 bridgehead atoms. The molecule has 0 saturated heterocycles. The van der Waals surface area contributed by atoms with Gasteiger partial charge in [-0.2, -0.15) is 5.10 Å². The first kappa shape index (κ1) is 19.8. The first-order valence-electron chi connectivity index (χ1n) is 9.15. The van der Waals surface area contributed by atoms with Crippen molar-refractivity contribution in [3.05, 3.63) is 79.4 Å². The maximum absolute atomic E-state index is 13.3. The van der Waals surface area contributed by atoms with Crippen LogP contribution in [-0.4, -0.2) is 25.6 Å². The second-order valence-corrected chi connectivity index (χ2v) is 9.17. The van der Waals surface area contributed by atoms with Gasteiger partial charge in [-0.15, -0.1) is 22.7 Å². The monoisotopic (exact) mass is 440 g/mol. The van der Waals surface area contributed by atoms with E-state index in [1.807, 2.05) is 59.0 Å². The highest BCUT2D eigenvalue weighted by molar-refractivity contribution is 7.71. The van der Waals surface area contributed by atoms with Gasteiger partial charge in [0.2, 0.25) is 5.91 Å². The Kier molecular flexibility index (Phi) is 6.03. The lowest BCUT2D eigenvalue weighted by Gasteiger charge is -2.22. The molecule has 0 unspecified atom stereocenters. The molecule has 0 aliphatic rings. The molecule has 4 rings (SSSR count). The third kappa shape index (κ3) is 4.72. The van der Waals surface area contributed by atoms with E-state index < -0.39 is 0 Å². The van der Waals surface area contributed by atoms with Gasteiger partial charge in [0, 0.05) is 15.3 Å². The molecule has 1 aromatic carbocycles. The summed E-state index contributed by atoms with van der Waals surface area (Å²) in [5.74, 6) is 0.692. The number of rotatable bonds is 7. The maximum Gasteiger partial charge on any atom is 0.243 e. The summed E-state index contributed by atoms with van der Waals surface area (Å²) in [6, 6.07) is 16.2. The van der Waals surface area contributed by atoms with Crippen LogP contribution < -0.4 is 0 Å². The van der Waals surface area contributed by atoms with Gasteiger partial charge in [0.05, 0.1) is 13.1 Å². The molecule has 0 spiro atoms. The van der Waals surface area contributed by atoms with Gasteiger partial charge in [-0.25, -0.2) is 0 Å². The minimum absolute atomic E-state index is 0.0122. The minimum Gasteiger partial charge on any atom is -0.331 e. The Labute approximate surface area is 182 Å². The molecule has 1 N–H and O–H groups in total. The first-order valence-corrected chi connectivity index (χ1v) is 11.3. The van der Waals surface area contributed by atoms with Crippen molar-refractivity contribution in [2.45, 2.75) is 26.6 Å². The van der Waals surface area contributed by atoms with Crippen LogP contribution >= 0.6 is 34.9 Å². The van der Waals surface area contributed by atoms with Gasteiger partial charge in [0.1, 0.15) is 6.54 Å². The molecule has 148 valence electrons. The fourth-order valence-electron chi connectivity index (χ4n) is 3.12. The molecule has 0 aliphatic carbocycles. The predicted octanol–water partition coefficient (Wildman–Crippen LogP) is 5.27. The van der Waals surface area contributed by atoms with Gasteiger partial charge < -0.3 is 4.90 Å². The lowest BCUT2D eigenvalue weighted by atomic mass is 10.1. The fourth-order valence-corrected chi connectivity index (χ4v) is 4.75. The van der Waals surface area contributed by atoms with E-state index in [4.69, 9.17) is 12.2 Å². The molecule has 1 amide bonds. The van der Waals surface area contributed by atoms with Crippen LogP contribution in [0.3, 0.4) is 0 Å². The molecule has 0 fully saturated rings. The molecular weight excluding hydrogens is 420 g/mol. The highest BCUT2D eigenvalue weighted by Crippen LogP contribution is 2.21. The van der Waals surface area contributed by atoms with Crippen LogP contribution in [0.4, 0.5) is 0 Å². The summed E-state index contributed by atoms with van der Waals surface area (Å²) in [5, 5.41) is 11.3. The van der Waals surface area contributed by atoms with E-state index in [0.717, 1.165) is 20.9 Å². The van der Waals surface area contributed by atoms with Crippen LogP contribution in [-0.2, 0) is 24.4 Å². The van der Waals surface area contributed by atoms with E-state index in [1.54, 1.807) is 27.2 Å². The predicted molar refractivity (Wildman–Crippen MR) is 120 cm³/mol. The number of carbonyl (C=O) groups excluding carboxylic acids is 1. The van der Waals surface area contributed by atoms with Crippen LogP contribution in [0.5, 0.6) is 0 Å². The normalized spacial score (nSPS) is 10.9. The molecule has 5 nitrogen and oxygen atoms in total. The quantitative estimate of drug-likeness (QED) is 0.398. The topological polar surface area (TPSA) is 53.9 Å². The van der Waals surface area contributed by atoms with E-state index >= 15 is 0 Å². The summed E-state index contributed by atoms with van der Waals surface area (Å²) in [4.78, 5) is 17.5. The standard InChI is InChI=1S/C21H20N4OS3/c1-15-5-2-6-16(11-15)20-22-23-21(27)25(20)14-19(26)24(12-17-7-3-9-28-17)13-18-8-4-10-29-18/h2-11H,12-14H2,1H3,(H,23,27). The Morgan fingerprint density at radius 3 is 2.38 bits per heavy atom. The van der Waals surface area contributed by atoms with Crippen molar-refractivity contribution in [1.82, 2.24) is 19.7 Å². The summed E-state index contributed by atoms with van der Waals surface area (Å²) in [5.41, 5.74) is 2.07. The van der Waals surface area contributed by atoms with E-state index in [1.165, 1.54) is 0 Å². The van der Waals surface area contributed by atoms with Crippen LogP contribution in [0.15, 0.2) is 59.3 Å². The number of aryl methyl sites for hydroxylation is 1. The lowest BCUT2D eigenvalue weighted by molar-refractivity contribution is -0.133. The Morgan fingerprint density at radius 2 is 1.79 bits per heavy atom. The van der Waals surface area contributed by atoms with Gasteiger partial charge in [0.15, 0.2) is 10.6 Å². The minimum atomic E-state index is 0.0122. The number of nitrogens with one attached hydrogen (secondary N) is 1. The van der Waals surface area contributed by atoms with Crippen molar-refractivity contribution in [2.24, 2.45) is 0 Å². The van der Waals surface area contributed by atoms with Gasteiger partial charge >= 0.3 is 0 Å². The summed E-state index contributed by atoms with van der Waals surface area (Å²) in [6.07, 6.45) is 0. The molecule has 0 radical (unpaired) electrons. The number of aromatic amines is 1. The zero-order valence-corrected chi connectivity index (χ0v) is 18.3. The van der Waals surface area contributed by atoms with Gasteiger partial charge in [-0.3, -0.25) is 14.5 Å². The fraction of sp³-hybridized carbons (Fsp3) is 0.190. The Morgan fingerprint density at radius 1 is 1.10 bits per heavy atom. The third-order valence-electron chi connectivity index (χ3n) is 4.53. The van der Waals surface area contributed by atoms with Gasteiger partial charge in [-0.05, 0) is 48.1 Å². The van der Waals surface area contributed by atoms with Crippen molar-refractivity contribution in [1.29, 1.82) is 0 Å². The maximum atomic E-state index is 13.3. The third-order valence-corrected chi connectivity index (χ3v) is 6.57. The van der Waals surface area contributed by atoms with Gasteiger partial charge in [0.25, 0.3) is 0 Å². The Balaban J connectivity index is 1.60. The number of amides is 1. The summed E-state index contributed by atoms with van der Waals surface area (Å²) in [6.45, 7) is 3.35. The highest BCUT2D eigenvalue weighted by Gasteiger charge is 2.19. The number of thiophene rings is 2. The highest BCUT2D eigenvalue weighted by atomic mass is 32.1. The number of hydrogen-bond acceptors (Lipinski definition) is 5. The van der Waals surface area contributed by atoms with Crippen LogP contribution in [0.25, 0.3) is 11.4 Å². The van der Waals surface area contributed by atoms with Crippen molar-refractivity contribution in [3.8, 4) is 11.4 Å². The molecule has 3 aromatic heterocycles. The van der Waals surface area contributed by atoms with E-state index in [9.17, 15) is 4.79 Å². The summed E-state index contributed by atoms with van der Waals surface area (Å²) >= 11 is 8.74. The zero-order chi connectivity index (χ0) is 20.2. The van der Waals surface area contributed by atoms with Crippen LogP contribution in [0.1, 0.15) is 15.3 Å². The average molecular weight is 441 g/mol.